The summed E-state index contributed by atoms with van der Waals surface area (Å²) in [6, 6.07) is 3.67. The average molecular weight is 442 g/mol. The van der Waals surface area contributed by atoms with Gasteiger partial charge in [-0.3, -0.25) is 14.9 Å². The number of piperazine rings is 1. The molecule has 156 valence electrons. The Labute approximate surface area is 171 Å². The Morgan fingerprint density at radius 1 is 1.14 bits per heavy atom. The van der Waals surface area contributed by atoms with E-state index >= 15 is 0 Å². The molecule has 0 N–H and O–H groups in total. The Balaban J connectivity index is 1.77. The minimum Gasteiger partial charge on any atom is -0.336 e. The van der Waals surface area contributed by atoms with Gasteiger partial charge >= 0.3 is 0 Å². The highest BCUT2D eigenvalue weighted by atomic mass is 32.2. The van der Waals surface area contributed by atoms with Crippen molar-refractivity contribution in [1.82, 2.24) is 9.21 Å². The van der Waals surface area contributed by atoms with Gasteiger partial charge in [-0.1, -0.05) is 0 Å². The summed E-state index contributed by atoms with van der Waals surface area (Å²) in [5, 5.41) is 11.1. The fourth-order valence-electron chi connectivity index (χ4n) is 3.29. The van der Waals surface area contributed by atoms with Crippen molar-refractivity contribution in [3.63, 3.8) is 0 Å². The van der Waals surface area contributed by atoms with Gasteiger partial charge < -0.3 is 4.90 Å². The topological polar surface area (TPSA) is 101 Å². The quantitative estimate of drug-likeness (QED) is 0.536. The molecule has 0 unspecified atom stereocenters. The third kappa shape index (κ3) is 4.02. The van der Waals surface area contributed by atoms with Gasteiger partial charge in [0.1, 0.15) is 5.82 Å². The highest BCUT2D eigenvalue weighted by Crippen LogP contribution is 2.29. The van der Waals surface area contributed by atoms with Gasteiger partial charge in [-0.15, -0.1) is 11.3 Å². The van der Waals surface area contributed by atoms with Crippen LogP contribution >= 0.6 is 11.3 Å². The van der Waals surface area contributed by atoms with Crippen LogP contribution in [0.2, 0.25) is 0 Å². The van der Waals surface area contributed by atoms with Crippen LogP contribution in [0.1, 0.15) is 25.7 Å². The van der Waals surface area contributed by atoms with Gasteiger partial charge in [0.15, 0.2) is 0 Å². The fraction of sp³-hybridized carbons (Fsp3) is 0.389. The first kappa shape index (κ1) is 21.3. The summed E-state index contributed by atoms with van der Waals surface area (Å²) in [4.78, 5) is 26.3. The van der Waals surface area contributed by atoms with Crippen molar-refractivity contribution in [2.24, 2.45) is 0 Å². The van der Waals surface area contributed by atoms with Crippen molar-refractivity contribution >= 4 is 33.0 Å². The van der Waals surface area contributed by atoms with Gasteiger partial charge in [0.2, 0.25) is 10.0 Å². The number of nitro benzene ring substituents is 1. The maximum Gasteiger partial charge on any atom is 0.276 e. The summed E-state index contributed by atoms with van der Waals surface area (Å²) in [6.45, 7) is 5.29. The maximum atomic E-state index is 14.0. The van der Waals surface area contributed by atoms with Crippen molar-refractivity contribution in [3.8, 4) is 0 Å². The standard InChI is InChI=1S/C18H20FN3O5S2/c1-11-8-17(13(3)28-11)29(26,27)21-6-4-20(5-7-21)18(23)14-9-15(19)12(2)16(10-14)22(24)25/h8-10H,4-7H2,1-3H3. The number of halogens is 1. The molecule has 1 aliphatic rings. The molecule has 0 saturated carbocycles. The van der Waals surface area contributed by atoms with Gasteiger partial charge in [-0.25, -0.2) is 12.8 Å². The minimum atomic E-state index is -3.66. The number of nitrogens with zero attached hydrogens (tertiary/aromatic N) is 3. The summed E-state index contributed by atoms with van der Waals surface area (Å²) in [5.41, 5.74) is -0.720. The van der Waals surface area contributed by atoms with E-state index in [0.29, 0.717) is 4.88 Å². The van der Waals surface area contributed by atoms with Crippen LogP contribution in [0.4, 0.5) is 10.1 Å². The Kier molecular flexibility index (Phi) is 5.74. The van der Waals surface area contributed by atoms with Crippen molar-refractivity contribution in [3.05, 3.63) is 55.0 Å². The number of hydrogen-bond acceptors (Lipinski definition) is 6. The van der Waals surface area contributed by atoms with Crippen LogP contribution in [0.3, 0.4) is 0 Å². The number of carbonyl (C=O) groups excluding carboxylic acids is 1. The number of carbonyl (C=O) groups is 1. The number of nitro groups is 1. The molecular weight excluding hydrogens is 421 g/mol. The molecule has 8 nitrogen and oxygen atoms in total. The third-order valence-corrected chi connectivity index (χ3v) is 8.02. The van der Waals surface area contributed by atoms with E-state index in [1.807, 2.05) is 6.92 Å². The van der Waals surface area contributed by atoms with Gasteiger partial charge in [-0.2, -0.15) is 4.31 Å². The number of benzene rings is 1. The summed E-state index contributed by atoms with van der Waals surface area (Å²) in [7, 11) is -3.66. The first-order valence-corrected chi connectivity index (χ1v) is 11.1. The number of aryl methyl sites for hydroxylation is 2. The molecule has 2 aromatic rings. The normalized spacial score (nSPS) is 15.5. The van der Waals surface area contributed by atoms with Crippen LogP contribution in [0.5, 0.6) is 0 Å². The summed E-state index contributed by atoms with van der Waals surface area (Å²) in [5.74, 6) is -1.39. The number of sulfonamides is 1. The van der Waals surface area contributed by atoms with Crippen molar-refractivity contribution in [2.75, 3.05) is 26.2 Å². The number of thiophene rings is 1. The molecule has 0 radical (unpaired) electrons. The van der Waals surface area contributed by atoms with Crippen LogP contribution in [-0.4, -0.2) is 54.6 Å². The molecule has 1 saturated heterocycles. The van der Waals surface area contributed by atoms with E-state index in [9.17, 15) is 27.7 Å². The molecule has 1 aliphatic heterocycles. The molecule has 0 spiro atoms. The Morgan fingerprint density at radius 3 is 2.28 bits per heavy atom. The van der Waals surface area contributed by atoms with Crippen LogP contribution in [0, 0.1) is 36.7 Å². The van der Waals surface area contributed by atoms with Crippen LogP contribution in [0.25, 0.3) is 0 Å². The van der Waals surface area contributed by atoms with E-state index in [2.05, 4.69) is 0 Å². The molecule has 11 heteroatoms. The van der Waals surface area contributed by atoms with Crippen LogP contribution in [0.15, 0.2) is 23.1 Å². The third-order valence-electron chi connectivity index (χ3n) is 4.90. The molecular formula is C18H20FN3O5S2. The fourth-order valence-corrected chi connectivity index (χ4v) is 6.24. The van der Waals surface area contributed by atoms with Gasteiger partial charge in [-0.05, 0) is 32.9 Å². The van der Waals surface area contributed by atoms with E-state index in [4.69, 9.17) is 0 Å². The second kappa shape index (κ2) is 7.81. The van der Waals surface area contributed by atoms with Gasteiger partial charge in [0, 0.05) is 47.6 Å². The molecule has 0 bridgehead atoms. The lowest BCUT2D eigenvalue weighted by Gasteiger charge is -2.34. The van der Waals surface area contributed by atoms with Crippen molar-refractivity contribution in [1.29, 1.82) is 0 Å². The predicted molar refractivity (Wildman–Crippen MR) is 106 cm³/mol. The second-order valence-electron chi connectivity index (χ2n) is 6.83. The lowest BCUT2D eigenvalue weighted by Crippen LogP contribution is -2.50. The zero-order valence-electron chi connectivity index (χ0n) is 16.1. The molecule has 0 aliphatic carbocycles. The molecule has 1 amide bonds. The highest BCUT2D eigenvalue weighted by molar-refractivity contribution is 7.89. The lowest BCUT2D eigenvalue weighted by atomic mass is 10.1. The highest BCUT2D eigenvalue weighted by Gasteiger charge is 2.32. The maximum absolute atomic E-state index is 14.0. The second-order valence-corrected chi connectivity index (χ2v) is 10.2. The van der Waals surface area contributed by atoms with Gasteiger partial charge in [0.25, 0.3) is 11.6 Å². The minimum absolute atomic E-state index is 0.0961. The zero-order chi connectivity index (χ0) is 21.5. The molecule has 1 aromatic carbocycles. The number of amides is 1. The summed E-state index contributed by atoms with van der Waals surface area (Å²) >= 11 is 1.41. The molecule has 2 heterocycles. The predicted octanol–water partition coefficient (Wildman–Crippen LogP) is 2.87. The molecule has 0 atom stereocenters. The van der Waals surface area contributed by atoms with E-state index < -0.39 is 32.4 Å². The average Bonchev–Trinajstić information content (AvgIpc) is 3.02. The van der Waals surface area contributed by atoms with Crippen molar-refractivity contribution < 1.29 is 22.5 Å². The number of rotatable bonds is 4. The van der Waals surface area contributed by atoms with E-state index in [1.165, 1.54) is 27.5 Å². The SMILES string of the molecule is Cc1cc(S(=O)(=O)N2CCN(C(=O)c3cc(F)c(C)c([N+](=O)[O-])c3)CC2)c(C)s1. The zero-order valence-corrected chi connectivity index (χ0v) is 17.8. The first-order valence-electron chi connectivity index (χ1n) is 8.83. The first-order chi connectivity index (χ1) is 13.5. The Bertz CT molecular complexity index is 1090. The van der Waals surface area contributed by atoms with Crippen molar-refractivity contribution in [2.45, 2.75) is 25.7 Å². The molecule has 3 rings (SSSR count). The lowest BCUT2D eigenvalue weighted by molar-refractivity contribution is -0.385. The number of hydrogen-bond donors (Lipinski definition) is 0. The monoisotopic (exact) mass is 441 g/mol. The largest absolute Gasteiger partial charge is 0.336 e. The van der Waals surface area contributed by atoms with E-state index in [1.54, 1.807) is 13.0 Å². The molecule has 1 aromatic heterocycles. The van der Waals surface area contributed by atoms with E-state index in [-0.39, 0.29) is 42.2 Å². The summed E-state index contributed by atoms with van der Waals surface area (Å²) < 4.78 is 41.1. The Morgan fingerprint density at radius 2 is 1.76 bits per heavy atom. The summed E-state index contributed by atoms with van der Waals surface area (Å²) in [6.07, 6.45) is 0. The van der Waals surface area contributed by atoms with E-state index in [0.717, 1.165) is 17.0 Å². The van der Waals surface area contributed by atoms with Crippen LogP contribution in [-0.2, 0) is 10.0 Å². The smallest absolute Gasteiger partial charge is 0.276 e. The van der Waals surface area contributed by atoms with Gasteiger partial charge in [0.05, 0.1) is 15.4 Å². The molecule has 29 heavy (non-hydrogen) atoms. The molecule has 1 fully saturated rings. The Hall–Kier alpha value is -2.37. The van der Waals surface area contributed by atoms with Crippen LogP contribution < -0.4 is 0 Å².